The number of amides is 1. The van der Waals surface area contributed by atoms with E-state index in [1.54, 1.807) is 18.2 Å². The van der Waals surface area contributed by atoms with Crippen molar-refractivity contribution in [1.82, 2.24) is 5.32 Å². The van der Waals surface area contributed by atoms with E-state index in [0.717, 1.165) is 12.8 Å². The zero-order chi connectivity index (χ0) is 22.8. The molecule has 5 nitrogen and oxygen atoms in total. The molecule has 6 heteroatoms. The number of ether oxygens (including phenoxy) is 2. The molecule has 32 heavy (non-hydrogen) atoms. The second kappa shape index (κ2) is 11.9. The van der Waals surface area contributed by atoms with E-state index in [1.807, 2.05) is 62.4 Å². The zero-order valence-electron chi connectivity index (χ0n) is 18.3. The second-order valence-corrected chi connectivity index (χ2v) is 7.91. The predicted octanol–water partition coefficient (Wildman–Crippen LogP) is 5.61. The Hall–Kier alpha value is -3.38. The highest BCUT2D eigenvalue weighted by Crippen LogP contribution is 2.24. The topological polar surface area (TPSA) is 59.6 Å². The number of carbonyl (C=O) groups excluding carboxylic acids is 1. The van der Waals surface area contributed by atoms with Gasteiger partial charge in [0.1, 0.15) is 11.5 Å². The van der Waals surface area contributed by atoms with Gasteiger partial charge in [-0.25, -0.2) is 0 Å². The van der Waals surface area contributed by atoms with Crippen molar-refractivity contribution >= 4 is 28.9 Å². The van der Waals surface area contributed by atoms with Crippen molar-refractivity contribution in [3.05, 3.63) is 90.0 Å². The van der Waals surface area contributed by atoms with E-state index in [0.29, 0.717) is 29.4 Å². The lowest BCUT2D eigenvalue weighted by atomic mass is 10.1. The van der Waals surface area contributed by atoms with E-state index < -0.39 is 0 Å². The third-order valence-corrected chi connectivity index (χ3v) is 4.77. The average Bonchev–Trinajstić information content (AvgIpc) is 2.78. The molecule has 1 amide bonds. The normalized spacial score (nSPS) is 10.5. The molecule has 2 N–H and O–H groups in total. The number of nitrogens with one attached hydrogen (secondary N) is 2. The van der Waals surface area contributed by atoms with Crippen LogP contribution in [0.3, 0.4) is 0 Å². The maximum absolute atomic E-state index is 12.7. The van der Waals surface area contributed by atoms with Gasteiger partial charge in [-0.2, -0.15) is 0 Å². The number of hydrogen-bond donors (Lipinski definition) is 2. The summed E-state index contributed by atoms with van der Waals surface area (Å²) in [5.74, 6) is 0.866. The van der Waals surface area contributed by atoms with E-state index in [-0.39, 0.29) is 17.1 Å². The molecule has 0 radical (unpaired) electrons. The van der Waals surface area contributed by atoms with E-state index >= 15 is 0 Å². The minimum atomic E-state index is -0.333. The van der Waals surface area contributed by atoms with Crippen LogP contribution in [0.4, 0.5) is 5.69 Å². The fraction of sp³-hybridized carbons (Fsp3) is 0.231. The molecule has 0 aromatic heterocycles. The summed E-state index contributed by atoms with van der Waals surface area (Å²) < 4.78 is 11.7. The highest BCUT2D eigenvalue weighted by molar-refractivity contribution is 7.80. The van der Waals surface area contributed by atoms with Gasteiger partial charge in [0, 0.05) is 0 Å². The number of para-hydroxylation sites is 3. The summed E-state index contributed by atoms with van der Waals surface area (Å²) in [6.07, 6.45) is 1.80. The average molecular weight is 449 g/mol. The molecule has 0 fully saturated rings. The lowest BCUT2D eigenvalue weighted by molar-refractivity contribution is 0.0972. The van der Waals surface area contributed by atoms with Gasteiger partial charge in [0.2, 0.25) is 0 Å². The molecule has 0 spiro atoms. The first-order chi connectivity index (χ1) is 15.5. The van der Waals surface area contributed by atoms with Gasteiger partial charge in [-0.1, -0.05) is 54.6 Å². The van der Waals surface area contributed by atoms with Crippen molar-refractivity contribution in [2.45, 2.75) is 32.8 Å². The minimum absolute atomic E-state index is 0.0417. The second-order valence-electron chi connectivity index (χ2n) is 7.50. The molecule has 0 aliphatic rings. The predicted molar refractivity (Wildman–Crippen MR) is 133 cm³/mol. The van der Waals surface area contributed by atoms with Gasteiger partial charge in [-0.05, 0) is 68.7 Å². The van der Waals surface area contributed by atoms with Gasteiger partial charge in [-0.3, -0.25) is 10.1 Å². The quantitative estimate of drug-likeness (QED) is 0.329. The number of aryl methyl sites for hydroxylation is 1. The van der Waals surface area contributed by atoms with Crippen LogP contribution in [0.15, 0.2) is 78.9 Å². The number of anilines is 1. The van der Waals surface area contributed by atoms with Gasteiger partial charge in [-0.15, -0.1) is 0 Å². The summed E-state index contributed by atoms with van der Waals surface area (Å²) in [6.45, 7) is 4.40. The van der Waals surface area contributed by atoms with E-state index in [4.69, 9.17) is 21.7 Å². The van der Waals surface area contributed by atoms with Gasteiger partial charge in [0.15, 0.2) is 5.11 Å². The summed E-state index contributed by atoms with van der Waals surface area (Å²) in [7, 11) is 0. The molecule has 0 heterocycles. The lowest BCUT2D eigenvalue weighted by Gasteiger charge is -2.16. The highest BCUT2D eigenvalue weighted by atomic mass is 32.1. The molecule has 166 valence electrons. The Labute approximate surface area is 194 Å². The summed E-state index contributed by atoms with van der Waals surface area (Å²) in [5, 5.41) is 5.97. The van der Waals surface area contributed by atoms with Crippen LogP contribution in [0.1, 0.15) is 36.2 Å². The summed E-state index contributed by atoms with van der Waals surface area (Å²) in [5.41, 5.74) is 2.41. The maximum atomic E-state index is 12.7. The van der Waals surface area contributed by atoms with Crippen LogP contribution in [-0.4, -0.2) is 23.7 Å². The largest absolute Gasteiger partial charge is 0.491 e. The Morgan fingerprint density at radius 1 is 0.906 bits per heavy atom. The number of carbonyl (C=O) groups is 1. The third-order valence-electron chi connectivity index (χ3n) is 4.57. The Balaban J connectivity index is 1.56. The number of thiocarbonyl (C=S) groups is 1. The molecular weight excluding hydrogens is 420 g/mol. The Bertz CT molecular complexity index is 1040. The van der Waals surface area contributed by atoms with Crippen molar-refractivity contribution in [3.8, 4) is 11.5 Å². The van der Waals surface area contributed by atoms with E-state index in [1.165, 1.54) is 5.56 Å². The van der Waals surface area contributed by atoms with Crippen LogP contribution in [0.5, 0.6) is 11.5 Å². The fourth-order valence-corrected chi connectivity index (χ4v) is 3.34. The maximum Gasteiger partial charge on any atom is 0.261 e. The van der Waals surface area contributed by atoms with E-state index in [2.05, 4.69) is 22.8 Å². The molecule has 3 aromatic carbocycles. The van der Waals surface area contributed by atoms with Gasteiger partial charge in [0.05, 0.1) is 24.0 Å². The van der Waals surface area contributed by atoms with Crippen LogP contribution in [0, 0.1) is 0 Å². The number of hydrogen-bond acceptors (Lipinski definition) is 4. The number of benzene rings is 3. The van der Waals surface area contributed by atoms with Crippen LogP contribution < -0.4 is 20.1 Å². The number of rotatable bonds is 9. The summed E-state index contributed by atoms with van der Waals surface area (Å²) in [4.78, 5) is 12.7. The fourth-order valence-electron chi connectivity index (χ4n) is 3.13. The molecule has 3 rings (SSSR count). The van der Waals surface area contributed by atoms with Crippen molar-refractivity contribution < 1.29 is 14.3 Å². The summed E-state index contributed by atoms with van der Waals surface area (Å²) >= 11 is 5.36. The Morgan fingerprint density at radius 3 is 2.31 bits per heavy atom. The standard InChI is InChI=1S/C26H28N2O3S/c1-19(2)31-23-16-8-6-14-21(23)25(29)28-26(32)27-22-15-7-9-17-24(22)30-18-10-13-20-11-4-3-5-12-20/h3-9,11-12,14-17,19H,10,13,18H2,1-2H3,(H2,27,28,29,32). The van der Waals surface area contributed by atoms with Crippen LogP contribution in [0.2, 0.25) is 0 Å². The molecule has 0 unspecified atom stereocenters. The smallest absolute Gasteiger partial charge is 0.261 e. The van der Waals surface area contributed by atoms with Gasteiger partial charge < -0.3 is 14.8 Å². The van der Waals surface area contributed by atoms with E-state index in [9.17, 15) is 4.79 Å². The Morgan fingerprint density at radius 2 is 1.56 bits per heavy atom. The minimum Gasteiger partial charge on any atom is -0.491 e. The van der Waals surface area contributed by atoms with Crippen LogP contribution >= 0.6 is 12.2 Å². The first-order valence-corrected chi connectivity index (χ1v) is 11.1. The molecule has 0 atom stereocenters. The molecular formula is C26H28N2O3S. The lowest BCUT2D eigenvalue weighted by Crippen LogP contribution is -2.34. The Kier molecular flexibility index (Phi) is 8.63. The molecule has 3 aromatic rings. The molecule has 0 bridgehead atoms. The first kappa shape index (κ1) is 23.3. The van der Waals surface area contributed by atoms with Crippen molar-refractivity contribution in [1.29, 1.82) is 0 Å². The van der Waals surface area contributed by atoms with Crippen LogP contribution in [0.25, 0.3) is 0 Å². The monoisotopic (exact) mass is 448 g/mol. The third kappa shape index (κ3) is 7.10. The van der Waals surface area contributed by atoms with Crippen molar-refractivity contribution in [2.75, 3.05) is 11.9 Å². The SMILES string of the molecule is CC(C)Oc1ccccc1C(=O)NC(=S)Nc1ccccc1OCCCc1ccccc1. The van der Waals surface area contributed by atoms with Crippen LogP contribution in [-0.2, 0) is 6.42 Å². The molecule has 0 saturated carbocycles. The molecule has 0 aliphatic carbocycles. The summed E-state index contributed by atoms with van der Waals surface area (Å²) in [6, 6.07) is 24.9. The first-order valence-electron chi connectivity index (χ1n) is 10.7. The highest BCUT2D eigenvalue weighted by Gasteiger charge is 2.15. The van der Waals surface area contributed by atoms with Crippen molar-refractivity contribution in [3.63, 3.8) is 0 Å². The molecule has 0 saturated heterocycles. The zero-order valence-corrected chi connectivity index (χ0v) is 19.2. The van der Waals surface area contributed by atoms with Gasteiger partial charge >= 0.3 is 0 Å². The van der Waals surface area contributed by atoms with Crippen molar-refractivity contribution in [2.24, 2.45) is 0 Å². The van der Waals surface area contributed by atoms with Gasteiger partial charge in [0.25, 0.3) is 5.91 Å². The molecule has 0 aliphatic heterocycles.